The number of hydrogen-bond acceptors (Lipinski definition) is 4. The largest absolute Gasteiger partial charge is 0.327 e. The van der Waals surface area contributed by atoms with Gasteiger partial charge in [-0.2, -0.15) is 0 Å². The van der Waals surface area contributed by atoms with Crippen molar-refractivity contribution in [1.29, 1.82) is 0 Å². The van der Waals surface area contributed by atoms with Crippen LogP contribution in [0.3, 0.4) is 0 Å². The van der Waals surface area contributed by atoms with Gasteiger partial charge in [-0.1, -0.05) is 42.5 Å². The van der Waals surface area contributed by atoms with Gasteiger partial charge in [-0.25, -0.2) is 4.98 Å². The Morgan fingerprint density at radius 2 is 2.04 bits per heavy atom. The molecule has 0 saturated carbocycles. The Hall–Kier alpha value is -2.99. The van der Waals surface area contributed by atoms with Gasteiger partial charge in [-0.15, -0.1) is 11.3 Å². The average molecular weight is 377 g/mol. The third kappa shape index (κ3) is 3.75. The molecule has 1 aliphatic rings. The fourth-order valence-electron chi connectivity index (χ4n) is 3.43. The van der Waals surface area contributed by atoms with Crippen LogP contribution in [0.2, 0.25) is 0 Å². The fraction of sp³-hybridized carbons (Fsp3) is 0.190. The van der Waals surface area contributed by atoms with Gasteiger partial charge in [0.2, 0.25) is 11.8 Å². The van der Waals surface area contributed by atoms with Crippen LogP contribution in [-0.2, 0) is 9.59 Å². The van der Waals surface area contributed by atoms with Crippen molar-refractivity contribution in [2.45, 2.75) is 18.9 Å². The zero-order valence-electron chi connectivity index (χ0n) is 14.7. The Morgan fingerprint density at radius 1 is 1.19 bits per heavy atom. The van der Waals surface area contributed by atoms with Crippen molar-refractivity contribution >= 4 is 45.1 Å². The van der Waals surface area contributed by atoms with Crippen molar-refractivity contribution in [2.75, 3.05) is 11.9 Å². The van der Waals surface area contributed by atoms with Gasteiger partial charge in [0, 0.05) is 24.2 Å². The normalized spacial score (nSPS) is 16.9. The van der Waals surface area contributed by atoms with Crippen molar-refractivity contribution < 1.29 is 9.59 Å². The minimum absolute atomic E-state index is 0.139. The van der Waals surface area contributed by atoms with Gasteiger partial charge in [-0.05, 0) is 35.3 Å². The van der Waals surface area contributed by atoms with E-state index in [-0.39, 0.29) is 11.8 Å². The van der Waals surface area contributed by atoms with E-state index in [0.717, 1.165) is 22.8 Å². The third-order valence-electron chi connectivity index (χ3n) is 4.73. The van der Waals surface area contributed by atoms with E-state index < -0.39 is 6.04 Å². The van der Waals surface area contributed by atoms with Crippen molar-refractivity contribution in [1.82, 2.24) is 9.88 Å². The molecule has 0 radical (unpaired) electrons. The average Bonchev–Trinajstić information content (AvgIpc) is 3.38. The SMILES string of the molecule is O=C(Nc1nccs1)C1CCCN1C(=O)/C=C/c1cccc2ccccc12. The molecule has 4 rings (SSSR count). The predicted octanol–water partition coefficient (Wildman–Crippen LogP) is 3.94. The number of rotatable bonds is 4. The summed E-state index contributed by atoms with van der Waals surface area (Å²) in [5.74, 6) is -0.311. The smallest absolute Gasteiger partial charge is 0.248 e. The van der Waals surface area contributed by atoms with E-state index in [0.29, 0.717) is 18.1 Å². The molecule has 1 atom stereocenters. The summed E-state index contributed by atoms with van der Waals surface area (Å²) in [7, 11) is 0. The molecule has 136 valence electrons. The first-order valence-electron chi connectivity index (χ1n) is 8.89. The van der Waals surface area contributed by atoms with Gasteiger partial charge in [0.1, 0.15) is 6.04 Å². The lowest BCUT2D eigenvalue weighted by Crippen LogP contribution is -2.42. The number of hydrogen-bond donors (Lipinski definition) is 1. The zero-order valence-corrected chi connectivity index (χ0v) is 15.5. The van der Waals surface area contributed by atoms with Crippen LogP contribution in [0, 0.1) is 0 Å². The summed E-state index contributed by atoms with van der Waals surface area (Å²) in [6, 6.07) is 13.6. The number of nitrogens with one attached hydrogen (secondary N) is 1. The molecule has 1 saturated heterocycles. The van der Waals surface area contributed by atoms with Crippen molar-refractivity contribution in [3.8, 4) is 0 Å². The van der Waals surface area contributed by atoms with Crippen LogP contribution < -0.4 is 5.32 Å². The Morgan fingerprint density at radius 3 is 2.89 bits per heavy atom. The van der Waals surface area contributed by atoms with E-state index >= 15 is 0 Å². The summed E-state index contributed by atoms with van der Waals surface area (Å²) >= 11 is 1.37. The number of aromatic nitrogens is 1. The lowest BCUT2D eigenvalue weighted by molar-refractivity contribution is -0.132. The number of fused-ring (bicyclic) bond motifs is 1. The number of likely N-dealkylation sites (tertiary alicyclic amines) is 1. The molecule has 27 heavy (non-hydrogen) atoms. The van der Waals surface area contributed by atoms with Crippen LogP contribution >= 0.6 is 11.3 Å². The maximum Gasteiger partial charge on any atom is 0.248 e. The predicted molar refractivity (Wildman–Crippen MR) is 108 cm³/mol. The molecular formula is C21H19N3O2S. The Balaban J connectivity index is 1.49. The molecule has 6 heteroatoms. The lowest BCUT2D eigenvalue weighted by atomic mass is 10.0. The van der Waals surface area contributed by atoms with Crippen LogP contribution in [0.4, 0.5) is 5.13 Å². The molecule has 1 unspecified atom stereocenters. The minimum atomic E-state index is -0.446. The number of anilines is 1. The second-order valence-electron chi connectivity index (χ2n) is 6.42. The molecule has 1 aliphatic heterocycles. The Bertz CT molecular complexity index is 992. The van der Waals surface area contributed by atoms with E-state index in [1.165, 1.54) is 11.3 Å². The Labute approximate surface area is 161 Å². The van der Waals surface area contributed by atoms with Gasteiger partial charge in [0.15, 0.2) is 5.13 Å². The highest BCUT2D eigenvalue weighted by Crippen LogP contribution is 2.22. The summed E-state index contributed by atoms with van der Waals surface area (Å²) in [6.07, 6.45) is 6.54. The molecule has 0 spiro atoms. The van der Waals surface area contributed by atoms with Crippen LogP contribution in [-0.4, -0.2) is 34.3 Å². The lowest BCUT2D eigenvalue weighted by Gasteiger charge is -2.22. The molecule has 1 fully saturated rings. The topological polar surface area (TPSA) is 62.3 Å². The summed E-state index contributed by atoms with van der Waals surface area (Å²) in [5.41, 5.74) is 0.990. The molecule has 0 aliphatic carbocycles. The first-order chi connectivity index (χ1) is 13.2. The molecule has 1 N–H and O–H groups in total. The molecule has 2 aromatic carbocycles. The summed E-state index contributed by atoms with van der Waals surface area (Å²) < 4.78 is 0. The number of benzene rings is 2. The minimum Gasteiger partial charge on any atom is -0.327 e. The quantitative estimate of drug-likeness (QED) is 0.701. The van der Waals surface area contributed by atoms with E-state index in [1.54, 1.807) is 22.6 Å². The second kappa shape index (κ2) is 7.72. The second-order valence-corrected chi connectivity index (χ2v) is 7.31. The molecule has 1 aromatic heterocycles. The molecule has 5 nitrogen and oxygen atoms in total. The zero-order chi connectivity index (χ0) is 18.6. The number of carbonyl (C=O) groups excluding carboxylic acids is 2. The highest BCUT2D eigenvalue weighted by atomic mass is 32.1. The first-order valence-corrected chi connectivity index (χ1v) is 9.77. The van der Waals surface area contributed by atoms with Gasteiger partial charge < -0.3 is 10.2 Å². The molecule has 2 heterocycles. The van der Waals surface area contributed by atoms with Crippen molar-refractivity contribution in [3.63, 3.8) is 0 Å². The number of nitrogens with zero attached hydrogens (tertiary/aromatic N) is 2. The van der Waals surface area contributed by atoms with Crippen LogP contribution in [0.1, 0.15) is 18.4 Å². The summed E-state index contributed by atoms with van der Waals surface area (Å²) in [5, 5.41) is 7.40. The third-order valence-corrected chi connectivity index (χ3v) is 5.42. The van der Waals surface area contributed by atoms with E-state index in [1.807, 2.05) is 48.5 Å². The molecule has 3 aromatic rings. The highest BCUT2D eigenvalue weighted by molar-refractivity contribution is 7.13. The van der Waals surface area contributed by atoms with E-state index in [4.69, 9.17) is 0 Å². The first kappa shape index (κ1) is 17.4. The summed E-state index contributed by atoms with van der Waals surface area (Å²) in [6.45, 7) is 0.592. The van der Waals surface area contributed by atoms with Gasteiger partial charge in [0.25, 0.3) is 0 Å². The Kier molecular flexibility index (Phi) is 4.98. The maximum absolute atomic E-state index is 12.7. The summed E-state index contributed by atoms with van der Waals surface area (Å²) in [4.78, 5) is 30.9. The number of thiazole rings is 1. The monoisotopic (exact) mass is 377 g/mol. The van der Waals surface area contributed by atoms with Gasteiger partial charge >= 0.3 is 0 Å². The van der Waals surface area contributed by atoms with Gasteiger partial charge in [0.05, 0.1) is 0 Å². The van der Waals surface area contributed by atoms with Crippen LogP contribution in [0.5, 0.6) is 0 Å². The highest BCUT2D eigenvalue weighted by Gasteiger charge is 2.33. The number of amides is 2. The van der Waals surface area contributed by atoms with E-state index in [2.05, 4.69) is 10.3 Å². The van der Waals surface area contributed by atoms with Crippen molar-refractivity contribution in [3.05, 3.63) is 65.7 Å². The van der Waals surface area contributed by atoms with Crippen LogP contribution in [0.25, 0.3) is 16.8 Å². The van der Waals surface area contributed by atoms with Gasteiger partial charge in [-0.3, -0.25) is 9.59 Å². The molecule has 2 amide bonds. The molecule has 0 bridgehead atoms. The standard InChI is InChI=1S/C21H19N3O2S/c25-19(11-10-16-7-3-6-15-5-1-2-8-17(15)16)24-13-4-9-18(24)20(26)23-21-22-12-14-27-21/h1-3,5-8,10-12,14,18H,4,9,13H2,(H,22,23,26)/b11-10+. The maximum atomic E-state index is 12.7. The number of carbonyl (C=O) groups is 2. The van der Waals surface area contributed by atoms with E-state index in [9.17, 15) is 9.59 Å². The van der Waals surface area contributed by atoms with Crippen molar-refractivity contribution in [2.24, 2.45) is 0 Å². The van der Waals surface area contributed by atoms with Crippen LogP contribution in [0.15, 0.2) is 60.1 Å². The molecular weight excluding hydrogens is 358 g/mol. The fourth-order valence-corrected chi connectivity index (χ4v) is 3.96.